The van der Waals surface area contributed by atoms with Crippen LogP contribution in [0.2, 0.25) is 5.02 Å². The second-order valence-electron chi connectivity index (χ2n) is 8.41. The Labute approximate surface area is 222 Å². The molecule has 10 heteroatoms. The van der Waals surface area contributed by atoms with Crippen LogP contribution in [0.5, 0.6) is 5.75 Å². The predicted octanol–water partition coefficient (Wildman–Crippen LogP) is 4.02. The van der Waals surface area contributed by atoms with Crippen LogP contribution in [0.15, 0.2) is 77.7 Å². The first kappa shape index (κ1) is 28.0. The number of carbonyl (C=O) groups excluding carboxylic acids is 2. The molecule has 0 unspecified atom stereocenters. The van der Waals surface area contributed by atoms with E-state index in [1.54, 1.807) is 25.1 Å². The number of amides is 2. The second-order valence-corrected chi connectivity index (χ2v) is 10.7. The number of aryl methyl sites for hydroxylation is 1. The van der Waals surface area contributed by atoms with Crippen LogP contribution in [0.25, 0.3) is 0 Å². The van der Waals surface area contributed by atoms with Gasteiger partial charge in [-0.1, -0.05) is 41.9 Å². The van der Waals surface area contributed by atoms with Gasteiger partial charge in [-0.25, -0.2) is 8.42 Å². The highest BCUT2D eigenvalue weighted by Gasteiger charge is 2.32. The highest BCUT2D eigenvalue weighted by molar-refractivity contribution is 7.92. The number of rotatable bonds is 10. The smallest absolute Gasteiger partial charge is 0.264 e. The maximum Gasteiger partial charge on any atom is 0.264 e. The fourth-order valence-corrected chi connectivity index (χ4v) is 5.39. The first-order chi connectivity index (χ1) is 17.6. The average molecular weight is 544 g/mol. The summed E-state index contributed by atoms with van der Waals surface area (Å²) in [5.41, 5.74) is 2.01. The van der Waals surface area contributed by atoms with Gasteiger partial charge in [0.15, 0.2) is 0 Å². The molecule has 0 spiro atoms. The summed E-state index contributed by atoms with van der Waals surface area (Å²) in [6, 6.07) is 18.8. The molecular weight excluding hydrogens is 514 g/mol. The van der Waals surface area contributed by atoms with Crippen molar-refractivity contribution in [3.63, 3.8) is 0 Å². The van der Waals surface area contributed by atoms with Crippen molar-refractivity contribution in [1.29, 1.82) is 0 Å². The molecule has 3 rings (SSSR count). The highest BCUT2D eigenvalue weighted by atomic mass is 35.5. The van der Waals surface area contributed by atoms with E-state index in [-0.39, 0.29) is 23.0 Å². The van der Waals surface area contributed by atoms with Crippen molar-refractivity contribution in [1.82, 2.24) is 10.2 Å². The number of benzene rings is 3. The number of hydrogen-bond donors (Lipinski definition) is 1. The summed E-state index contributed by atoms with van der Waals surface area (Å²) in [4.78, 5) is 27.7. The summed E-state index contributed by atoms with van der Waals surface area (Å²) in [5, 5.41) is 2.88. The van der Waals surface area contributed by atoms with E-state index in [0.29, 0.717) is 10.8 Å². The molecule has 0 aliphatic rings. The lowest BCUT2D eigenvalue weighted by molar-refractivity contribution is -0.139. The van der Waals surface area contributed by atoms with Crippen molar-refractivity contribution in [3.05, 3.63) is 88.9 Å². The SMILES string of the molecule is CNC(=O)[C@H](C)N(Cc1ccccc1C)C(=O)CN(c1cccc(Cl)c1)S(=O)(=O)c1ccc(OC)cc1. The Kier molecular flexibility index (Phi) is 9.18. The number of sulfonamides is 1. The standard InChI is InChI=1S/C27H30ClN3O5S/c1-19-8-5-6-9-21(19)17-30(20(2)27(33)29-3)26(32)18-31(23-11-7-10-22(28)16-23)37(34,35)25-14-12-24(36-4)13-15-25/h5-16,20H,17-18H2,1-4H3,(H,29,33)/t20-/m0/s1. The first-order valence-corrected chi connectivity index (χ1v) is 13.4. The van der Waals surface area contributed by atoms with Gasteiger partial charge in [-0.2, -0.15) is 0 Å². The molecule has 8 nitrogen and oxygen atoms in total. The van der Waals surface area contributed by atoms with E-state index in [0.717, 1.165) is 15.4 Å². The van der Waals surface area contributed by atoms with Gasteiger partial charge in [0.25, 0.3) is 10.0 Å². The number of halogens is 1. The Balaban J connectivity index is 2.04. The zero-order chi connectivity index (χ0) is 27.2. The highest BCUT2D eigenvalue weighted by Crippen LogP contribution is 2.28. The number of anilines is 1. The van der Waals surface area contributed by atoms with E-state index >= 15 is 0 Å². The van der Waals surface area contributed by atoms with Crippen molar-refractivity contribution >= 4 is 39.1 Å². The van der Waals surface area contributed by atoms with Gasteiger partial charge >= 0.3 is 0 Å². The molecule has 196 valence electrons. The van der Waals surface area contributed by atoms with Crippen molar-refractivity contribution in [3.8, 4) is 5.75 Å². The van der Waals surface area contributed by atoms with Gasteiger partial charge in [0.1, 0.15) is 18.3 Å². The van der Waals surface area contributed by atoms with Crippen LogP contribution >= 0.6 is 11.6 Å². The fourth-order valence-electron chi connectivity index (χ4n) is 3.80. The predicted molar refractivity (Wildman–Crippen MR) is 144 cm³/mol. The summed E-state index contributed by atoms with van der Waals surface area (Å²) in [5.74, 6) is -0.418. The Bertz CT molecular complexity index is 1360. The minimum Gasteiger partial charge on any atom is -0.497 e. The van der Waals surface area contributed by atoms with Gasteiger partial charge in [0.2, 0.25) is 11.8 Å². The average Bonchev–Trinajstić information content (AvgIpc) is 2.90. The van der Waals surface area contributed by atoms with E-state index in [1.165, 1.54) is 49.4 Å². The molecule has 0 fully saturated rings. The van der Waals surface area contributed by atoms with Crippen LogP contribution in [0, 0.1) is 6.92 Å². The van der Waals surface area contributed by atoms with Crippen molar-refractivity contribution in [2.45, 2.75) is 31.3 Å². The molecule has 0 saturated carbocycles. The van der Waals surface area contributed by atoms with E-state index < -0.39 is 28.5 Å². The minimum atomic E-state index is -4.19. The Morgan fingerprint density at radius 2 is 1.70 bits per heavy atom. The van der Waals surface area contributed by atoms with Crippen molar-refractivity contribution in [2.24, 2.45) is 0 Å². The molecule has 0 aliphatic heterocycles. The normalized spacial score (nSPS) is 11.9. The van der Waals surface area contributed by atoms with Gasteiger partial charge in [0.05, 0.1) is 17.7 Å². The van der Waals surface area contributed by atoms with E-state index in [2.05, 4.69) is 5.32 Å². The largest absolute Gasteiger partial charge is 0.497 e. The molecule has 0 heterocycles. The molecule has 3 aromatic carbocycles. The maximum atomic E-state index is 13.8. The first-order valence-electron chi connectivity index (χ1n) is 11.6. The van der Waals surface area contributed by atoms with E-state index in [9.17, 15) is 18.0 Å². The quantitative estimate of drug-likeness (QED) is 0.417. The van der Waals surface area contributed by atoms with Crippen LogP contribution < -0.4 is 14.4 Å². The number of ether oxygens (including phenoxy) is 1. The Hall–Kier alpha value is -3.56. The third kappa shape index (κ3) is 6.61. The molecule has 1 atom stereocenters. The van der Waals surface area contributed by atoms with E-state index in [4.69, 9.17) is 16.3 Å². The lowest BCUT2D eigenvalue weighted by atomic mass is 10.1. The fraction of sp³-hybridized carbons (Fsp3) is 0.259. The van der Waals surface area contributed by atoms with E-state index in [1.807, 2.05) is 31.2 Å². The summed E-state index contributed by atoms with van der Waals surface area (Å²) in [6.07, 6.45) is 0. The van der Waals surface area contributed by atoms with Crippen molar-refractivity contribution in [2.75, 3.05) is 25.0 Å². The zero-order valence-electron chi connectivity index (χ0n) is 21.1. The maximum absolute atomic E-state index is 13.8. The Morgan fingerprint density at radius 1 is 1.03 bits per heavy atom. The van der Waals surface area contributed by atoms with Gasteiger partial charge < -0.3 is 15.0 Å². The zero-order valence-corrected chi connectivity index (χ0v) is 22.7. The molecule has 1 N–H and O–H groups in total. The molecule has 0 bridgehead atoms. The van der Waals surface area contributed by atoms with Crippen LogP contribution in [0.3, 0.4) is 0 Å². The third-order valence-electron chi connectivity index (χ3n) is 6.04. The number of carbonyl (C=O) groups is 2. The molecular formula is C27H30ClN3O5S. The van der Waals surface area contributed by atoms with Crippen LogP contribution in [0.4, 0.5) is 5.69 Å². The molecule has 0 aromatic heterocycles. The molecule has 3 aromatic rings. The van der Waals surface area contributed by atoms with Crippen LogP contribution in [0.1, 0.15) is 18.1 Å². The summed E-state index contributed by atoms with van der Waals surface area (Å²) in [7, 11) is -1.21. The lowest BCUT2D eigenvalue weighted by Gasteiger charge is -2.32. The lowest BCUT2D eigenvalue weighted by Crippen LogP contribution is -2.50. The Morgan fingerprint density at radius 3 is 2.30 bits per heavy atom. The number of nitrogens with zero attached hydrogens (tertiary/aromatic N) is 2. The second kappa shape index (κ2) is 12.1. The number of likely N-dealkylation sites (N-methyl/N-ethyl adjacent to an activating group) is 1. The molecule has 37 heavy (non-hydrogen) atoms. The summed E-state index contributed by atoms with van der Waals surface area (Å²) < 4.78 is 33.7. The number of hydrogen-bond acceptors (Lipinski definition) is 5. The molecule has 0 radical (unpaired) electrons. The topological polar surface area (TPSA) is 96.0 Å². The summed E-state index contributed by atoms with van der Waals surface area (Å²) in [6.45, 7) is 3.11. The monoisotopic (exact) mass is 543 g/mol. The molecule has 2 amide bonds. The van der Waals surface area contributed by atoms with Crippen LogP contribution in [-0.4, -0.2) is 51.9 Å². The van der Waals surface area contributed by atoms with Gasteiger partial charge in [-0.05, 0) is 67.4 Å². The minimum absolute atomic E-state index is 0.0223. The number of nitrogens with one attached hydrogen (secondary N) is 1. The summed E-state index contributed by atoms with van der Waals surface area (Å²) >= 11 is 6.17. The van der Waals surface area contributed by atoms with Gasteiger partial charge in [-0.3, -0.25) is 13.9 Å². The molecule has 0 aliphatic carbocycles. The van der Waals surface area contributed by atoms with Crippen LogP contribution in [-0.2, 0) is 26.2 Å². The number of methoxy groups -OCH3 is 1. The van der Waals surface area contributed by atoms with Gasteiger partial charge in [-0.15, -0.1) is 0 Å². The molecule has 0 saturated heterocycles. The van der Waals surface area contributed by atoms with Gasteiger partial charge in [0, 0.05) is 18.6 Å². The van der Waals surface area contributed by atoms with Crippen molar-refractivity contribution < 1.29 is 22.7 Å². The third-order valence-corrected chi connectivity index (χ3v) is 8.06.